The molecule has 0 saturated heterocycles. The van der Waals surface area contributed by atoms with Crippen molar-refractivity contribution in [3.63, 3.8) is 0 Å². The third-order valence-corrected chi connectivity index (χ3v) is 5.58. The molecule has 4 rings (SSSR count). The Morgan fingerprint density at radius 2 is 2.07 bits per heavy atom. The van der Waals surface area contributed by atoms with Crippen LogP contribution in [0, 0.1) is 0 Å². The van der Waals surface area contributed by atoms with E-state index in [1.165, 1.54) is 24.6 Å². The lowest BCUT2D eigenvalue weighted by Crippen LogP contribution is -2.19. The molecule has 1 aliphatic carbocycles. The number of carbonyl (C=O) groups excluding carboxylic acids is 1. The Bertz CT molecular complexity index is 979. The number of rotatable bonds is 5. The van der Waals surface area contributed by atoms with E-state index in [4.69, 9.17) is 9.72 Å². The predicted octanol–water partition coefficient (Wildman–Crippen LogP) is 4.53. The fourth-order valence-electron chi connectivity index (χ4n) is 3.73. The molecule has 0 atom stereocenters. The van der Waals surface area contributed by atoms with Gasteiger partial charge in [0, 0.05) is 17.6 Å². The Hall–Kier alpha value is -2.54. The zero-order valence-corrected chi connectivity index (χ0v) is 16.3. The Morgan fingerprint density at radius 1 is 1.30 bits per heavy atom. The third-order valence-electron chi connectivity index (χ3n) is 5.01. The maximum atomic E-state index is 13.1. The first-order valence-electron chi connectivity index (χ1n) is 9.07. The van der Waals surface area contributed by atoms with Crippen molar-refractivity contribution in [1.82, 2.24) is 14.5 Å². The average Bonchev–Trinajstić information content (AvgIpc) is 3.35. The second-order valence-electron chi connectivity index (χ2n) is 6.63. The molecule has 0 spiro atoms. The number of amides is 1. The fraction of sp³-hybridized carbons (Fsp3) is 0.350. The van der Waals surface area contributed by atoms with E-state index in [1.807, 2.05) is 36.6 Å². The number of nitrogens with one attached hydrogen (secondary N) is 1. The van der Waals surface area contributed by atoms with Gasteiger partial charge in [-0.3, -0.25) is 4.79 Å². The smallest absolute Gasteiger partial charge is 0.272 e. The van der Waals surface area contributed by atoms with E-state index in [1.54, 1.807) is 13.3 Å². The van der Waals surface area contributed by atoms with E-state index in [0.29, 0.717) is 23.2 Å². The maximum absolute atomic E-state index is 13.1. The molecule has 0 aliphatic heterocycles. The molecule has 1 amide bonds. The van der Waals surface area contributed by atoms with Gasteiger partial charge in [0.2, 0.25) is 0 Å². The highest BCUT2D eigenvalue weighted by atomic mass is 32.2. The summed E-state index contributed by atoms with van der Waals surface area (Å²) in [5, 5.41) is 4.61. The molecule has 0 bridgehead atoms. The van der Waals surface area contributed by atoms with E-state index in [0.717, 1.165) is 29.0 Å². The summed E-state index contributed by atoms with van der Waals surface area (Å²) in [4.78, 5) is 22.2. The lowest BCUT2D eigenvalue weighted by molar-refractivity contribution is 0.101. The zero-order chi connectivity index (χ0) is 18.8. The summed E-state index contributed by atoms with van der Waals surface area (Å²) in [6.45, 7) is 0. The van der Waals surface area contributed by atoms with Crippen LogP contribution in [0.4, 0.5) is 5.69 Å². The minimum absolute atomic E-state index is 0.157. The predicted molar refractivity (Wildman–Crippen MR) is 108 cm³/mol. The highest BCUT2D eigenvalue weighted by Crippen LogP contribution is 2.35. The van der Waals surface area contributed by atoms with Gasteiger partial charge in [-0.05, 0) is 37.3 Å². The molecular formula is C20H22N4O2S. The van der Waals surface area contributed by atoms with Crippen LogP contribution < -0.4 is 10.1 Å². The first-order chi connectivity index (χ1) is 13.2. The number of hydrogen-bond acceptors (Lipinski definition) is 5. The number of nitrogens with zero attached hydrogens (tertiary/aromatic N) is 3. The quantitative estimate of drug-likeness (QED) is 0.519. The van der Waals surface area contributed by atoms with Crippen LogP contribution in [0.15, 0.2) is 41.7 Å². The molecule has 2 heterocycles. The van der Waals surface area contributed by atoms with Crippen LogP contribution >= 0.6 is 11.8 Å². The van der Waals surface area contributed by atoms with E-state index in [2.05, 4.69) is 14.9 Å². The maximum Gasteiger partial charge on any atom is 0.272 e. The van der Waals surface area contributed by atoms with E-state index in [-0.39, 0.29) is 5.91 Å². The summed E-state index contributed by atoms with van der Waals surface area (Å²) in [6, 6.07) is 9.61. The second-order valence-corrected chi connectivity index (χ2v) is 7.40. The topological polar surface area (TPSA) is 69.0 Å². The van der Waals surface area contributed by atoms with E-state index in [9.17, 15) is 4.79 Å². The largest absolute Gasteiger partial charge is 0.495 e. The minimum atomic E-state index is -0.157. The number of aromatic nitrogens is 3. The van der Waals surface area contributed by atoms with Gasteiger partial charge in [0.15, 0.2) is 5.16 Å². The SMILES string of the molecule is COc1ccccc1NC(=O)c1cc2cnc(SC)nc2n1C1CCCC1. The molecule has 140 valence electrons. The first-order valence-corrected chi connectivity index (χ1v) is 10.3. The molecule has 1 N–H and O–H groups in total. The number of methoxy groups -OCH3 is 1. The van der Waals surface area contributed by atoms with Gasteiger partial charge >= 0.3 is 0 Å². The standard InChI is InChI=1S/C20H22N4O2S/c1-26-17-10-6-5-9-15(17)22-19(25)16-11-13-12-21-20(27-2)23-18(13)24(16)14-7-3-4-8-14/h5-6,9-12,14H,3-4,7-8H2,1-2H3,(H,22,25). The van der Waals surface area contributed by atoms with Crippen molar-refractivity contribution in [1.29, 1.82) is 0 Å². The van der Waals surface area contributed by atoms with Gasteiger partial charge in [-0.15, -0.1) is 0 Å². The molecule has 1 aliphatic rings. The van der Waals surface area contributed by atoms with Crippen LogP contribution in [0.1, 0.15) is 42.2 Å². The third kappa shape index (κ3) is 3.39. The number of anilines is 1. The molecule has 1 aromatic carbocycles. The summed E-state index contributed by atoms with van der Waals surface area (Å²) in [5.74, 6) is 0.480. The summed E-state index contributed by atoms with van der Waals surface area (Å²) in [6.07, 6.45) is 8.25. The molecule has 1 saturated carbocycles. The normalized spacial score (nSPS) is 14.6. The van der Waals surface area contributed by atoms with Crippen LogP contribution in [0.3, 0.4) is 0 Å². The first kappa shape index (κ1) is 17.9. The molecule has 27 heavy (non-hydrogen) atoms. The van der Waals surface area contributed by atoms with Crippen molar-refractivity contribution < 1.29 is 9.53 Å². The van der Waals surface area contributed by atoms with Crippen molar-refractivity contribution in [3.05, 3.63) is 42.2 Å². The number of benzene rings is 1. The zero-order valence-electron chi connectivity index (χ0n) is 15.4. The number of hydrogen-bond donors (Lipinski definition) is 1. The van der Waals surface area contributed by atoms with Crippen LogP contribution in [0.5, 0.6) is 5.75 Å². The summed E-state index contributed by atoms with van der Waals surface area (Å²) in [7, 11) is 1.60. The lowest BCUT2D eigenvalue weighted by Gasteiger charge is -2.17. The van der Waals surface area contributed by atoms with Crippen molar-refractivity contribution in [3.8, 4) is 5.75 Å². The molecule has 6 nitrogen and oxygen atoms in total. The number of para-hydroxylation sites is 2. The Kier molecular flexibility index (Phi) is 5.03. The summed E-state index contributed by atoms with van der Waals surface area (Å²) >= 11 is 1.51. The number of fused-ring (bicyclic) bond motifs is 1. The van der Waals surface area contributed by atoms with Gasteiger partial charge in [-0.25, -0.2) is 9.97 Å². The molecule has 0 unspecified atom stereocenters. The minimum Gasteiger partial charge on any atom is -0.495 e. The van der Waals surface area contributed by atoms with Gasteiger partial charge in [0.05, 0.1) is 12.8 Å². The molecular weight excluding hydrogens is 360 g/mol. The van der Waals surface area contributed by atoms with Gasteiger partial charge < -0.3 is 14.6 Å². The second kappa shape index (κ2) is 7.60. The molecule has 0 radical (unpaired) electrons. The molecule has 2 aromatic heterocycles. The van der Waals surface area contributed by atoms with Crippen LogP contribution in [-0.2, 0) is 0 Å². The van der Waals surface area contributed by atoms with Crippen LogP contribution in [-0.4, -0.2) is 33.8 Å². The van der Waals surface area contributed by atoms with E-state index >= 15 is 0 Å². The van der Waals surface area contributed by atoms with Crippen molar-refractivity contribution in [2.24, 2.45) is 0 Å². The van der Waals surface area contributed by atoms with Crippen LogP contribution in [0.2, 0.25) is 0 Å². The number of thioether (sulfide) groups is 1. The van der Waals surface area contributed by atoms with Gasteiger partial charge in [-0.1, -0.05) is 36.7 Å². The van der Waals surface area contributed by atoms with Crippen molar-refractivity contribution >= 4 is 34.4 Å². The fourth-order valence-corrected chi connectivity index (χ4v) is 4.07. The Labute approximate surface area is 162 Å². The summed E-state index contributed by atoms with van der Waals surface area (Å²) < 4.78 is 7.46. The van der Waals surface area contributed by atoms with Crippen LogP contribution in [0.25, 0.3) is 11.0 Å². The summed E-state index contributed by atoms with van der Waals surface area (Å²) in [5.41, 5.74) is 2.12. The Morgan fingerprint density at radius 3 is 2.81 bits per heavy atom. The number of carbonyl (C=O) groups is 1. The number of ether oxygens (including phenoxy) is 1. The van der Waals surface area contributed by atoms with Crippen molar-refractivity contribution in [2.75, 3.05) is 18.7 Å². The Balaban J connectivity index is 1.77. The average molecular weight is 382 g/mol. The van der Waals surface area contributed by atoms with Crippen molar-refractivity contribution in [2.45, 2.75) is 36.9 Å². The van der Waals surface area contributed by atoms with Gasteiger partial charge in [0.25, 0.3) is 5.91 Å². The van der Waals surface area contributed by atoms with E-state index < -0.39 is 0 Å². The van der Waals surface area contributed by atoms with Gasteiger partial charge in [0.1, 0.15) is 17.1 Å². The molecule has 3 aromatic rings. The lowest BCUT2D eigenvalue weighted by atomic mass is 10.2. The van der Waals surface area contributed by atoms with Gasteiger partial charge in [-0.2, -0.15) is 0 Å². The molecule has 7 heteroatoms. The monoisotopic (exact) mass is 382 g/mol. The molecule has 1 fully saturated rings. The highest BCUT2D eigenvalue weighted by Gasteiger charge is 2.26. The highest BCUT2D eigenvalue weighted by molar-refractivity contribution is 7.98.